The van der Waals surface area contributed by atoms with E-state index in [-0.39, 0.29) is 37.7 Å². The Bertz CT molecular complexity index is 309. The molecule has 2 radical (unpaired) electrons. The Morgan fingerprint density at radius 2 is 1.85 bits per heavy atom. The molecule has 0 spiro atoms. The summed E-state index contributed by atoms with van der Waals surface area (Å²) in [6.07, 6.45) is 8.80. The van der Waals surface area contributed by atoms with Gasteiger partial charge in [0, 0.05) is 37.7 Å². The van der Waals surface area contributed by atoms with Crippen LogP contribution in [0.1, 0.15) is 12.0 Å². The van der Waals surface area contributed by atoms with Crippen molar-refractivity contribution in [1.82, 2.24) is 0 Å². The molecule has 0 heterocycles. The average molecular weight is 196 g/mol. The molecule has 1 aliphatic rings. The SMILES string of the molecule is C1=CCC(Cc2ccccc2)=C1.[Ca]. The van der Waals surface area contributed by atoms with Crippen LogP contribution in [-0.2, 0) is 6.42 Å². The quantitative estimate of drug-likeness (QED) is 0.638. The molecule has 0 fully saturated rings. The fraction of sp³-hybridized carbons (Fsp3) is 0.167. The van der Waals surface area contributed by atoms with Gasteiger partial charge in [0.25, 0.3) is 0 Å². The van der Waals surface area contributed by atoms with Gasteiger partial charge in [-0.05, 0) is 18.4 Å². The molecule has 0 saturated heterocycles. The fourth-order valence-corrected chi connectivity index (χ4v) is 1.48. The molecule has 0 unspecified atom stereocenters. The predicted octanol–water partition coefficient (Wildman–Crippen LogP) is 2.73. The van der Waals surface area contributed by atoms with E-state index in [1.165, 1.54) is 11.1 Å². The molecule has 0 atom stereocenters. The molecule has 1 heteroatoms. The first-order chi connectivity index (χ1) is 5.95. The van der Waals surface area contributed by atoms with Crippen LogP contribution in [0.25, 0.3) is 0 Å². The average Bonchev–Trinajstić information content (AvgIpc) is 2.59. The first kappa shape index (κ1) is 11.0. The zero-order valence-electron chi connectivity index (χ0n) is 7.74. The second-order valence-electron chi connectivity index (χ2n) is 3.12. The van der Waals surface area contributed by atoms with Crippen molar-refractivity contribution in [2.24, 2.45) is 0 Å². The molecule has 1 aromatic carbocycles. The van der Waals surface area contributed by atoms with Gasteiger partial charge in [0.2, 0.25) is 0 Å². The molecule has 13 heavy (non-hydrogen) atoms. The third-order valence-corrected chi connectivity index (χ3v) is 2.12. The van der Waals surface area contributed by atoms with Gasteiger partial charge < -0.3 is 0 Å². The van der Waals surface area contributed by atoms with E-state index in [0.29, 0.717) is 0 Å². The summed E-state index contributed by atoms with van der Waals surface area (Å²) in [4.78, 5) is 0. The van der Waals surface area contributed by atoms with Gasteiger partial charge in [0.15, 0.2) is 0 Å². The van der Waals surface area contributed by atoms with E-state index in [1.54, 1.807) is 0 Å². The minimum Gasteiger partial charge on any atom is -0.0804 e. The van der Waals surface area contributed by atoms with Crippen LogP contribution in [0.3, 0.4) is 0 Å². The molecule has 0 bridgehead atoms. The van der Waals surface area contributed by atoms with Gasteiger partial charge in [-0.15, -0.1) is 0 Å². The van der Waals surface area contributed by atoms with E-state index in [1.807, 2.05) is 0 Å². The number of benzene rings is 1. The van der Waals surface area contributed by atoms with Gasteiger partial charge in [0.05, 0.1) is 0 Å². The Labute approximate surface area is 109 Å². The van der Waals surface area contributed by atoms with Gasteiger partial charge in [-0.25, -0.2) is 0 Å². The molecule has 1 aromatic rings. The Balaban J connectivity index is 0.000000845. The van der Waals surface area contributed by atoms with E-state index >= 15 is 0 Å². The van der Waals surface area contributed by atoms with Crippen LogP contribution < -0.4 is 0 Å². The van der Waals surface area contributed by atoms with Crippen LogP contribution >= 0.6 is 0 Å². The molecule has 62 valence electrons. The second-order valence-corrected chi connectivity index (χ2v) is 3.12. The van der Waals surface area contributed by atoms with Crippen molar-refractivity contribution in [3.05, 3.63) is 59.7 Å². The van der Waals surface area contributed by atoms with Gasteiger partial charge >= 0.3 is 0 Å². The predicted molar refractivity (Wildman–Crippen MR) is 57.7 cm³/mol. The summed E-state index contributed by atoms with van der Waals surface area (Å²) in [5.41, 5.74) is 2.92. The standard InChI is InChI=1S/C12H12.Ca/c1-2-6-11(7-3-1)10-12-8-4-5-9-12;/h1-8H,9-10H2;. The van der Waals surface area contributed by atoms with Crippen molar-refractivity contribution < 1.29 is 0 Å². The number of hydrogen-bond donors (Lipinski definition) is 0. The molecule has 0 aromatic heterocycles. The fourth-order valence-electron chi connectivity index (χ4n) is 1.48. The molecule has 1 aliphatic carbocycles. The number of allylic oxidation sites excluding steroid dienone is 4. The van der Waals surface area contributed by atoms with Gasteiger partial charge in [-0.3, -0.25) is 0 Å². The summed E-state index contributed by atoms with van der Waals surface area (Å²) in [5, 5.41) is 0. The topological polar surface area (TPSA) is 0 Å². The van der Waals surface area contributed by atoms with E-state index in [9.17, 15) is 0 Å². The molecular formula is C12H12Ca. The number of rotatable bonds is 2. The summed E-state index contributed by atoms with van der Waals surface area (Å²) in [6.45, 7) is 0. The summed E-state index contributed by atoms with van der Waals surface area (Å²) >= 11 is 0. The van der Waals surface area contributed by atoms with Gasteiger partial charge in [0.1, 0.15) is 0 Å². The summed E-state index contributed by atoms with van der Waals surface area (Å²) in [5.74, 6) is 0. The van der Waals surface area contributed by atoms with E-state index in [0.717, 1.165) is 12.8 Å². The molecule has 0 saturated carbocycles. The van der Waals surface area contributed by atoms with Crippen LogP contribution in [0.5, 0.6) is 0 Å². The maximum Gasteiger partial charge on any atom is 0 e. The second kappa shape index (κ2) is 5.64. The van der Waals surface area contributed by atoms with Crippen molar-refractivity contribution in [2.75, 3.05) is 0 Å². The van der Waals surface area contributed by atoms with Crippen molar-refractivity contribution in [2.45, 2.75) is 12.8 Å². The minimum atomic E-state index is 0. The van der Waals surface area contributed by atoms with Crippen molar-refractivity contribution in [3.8, 4) is 0 Å². The molecule has 0 nitrogen and oxygen atoms in total. The summed E-state index contributed by atoms with van der Waals surface area (Å²) in [7, 11) is 0. The van der Waals surface area contributed by atoms with Crippen LogP contribution in [0.2, 0.25) is 0 Å². The molecular weight excluding hydrogens is 184 g/mol. The Morgan fingerprint density at radius 1 is 1.08 bits per heavy atom. The van der Waals surface area contributed by atoms with Gasteiger partial charge in [-0.1, -0.05) is 54.1 Å². The molecule has 0 aliphatic heterocycles. The van der Waals surface area contributed by atoms with Crippen molar-refractivity contribution in [1.29, 1.82) is 0 Å². The Morgan fingerprint density at radius 3 is 2.46 bits per heavy atom. The third-order valence-electron chi connectivity index (χ3n) is 2.12. The number of hydrogen-bond acceptors (Lipinski definition) is 0. The van der Waals surface area contributed by atoms with Crippen LogP contribution in [0.4, 0.5) is 0 Å². The van der Waals surface area contributed by atoms with Crippen LogP contribution in [-0.4, -0.2) is 37.7 Å². The largest absolute Gasteiger partial charge is 0.0804 e. The summed E-state index contributed by atoms with van der Waals surface area (Å²) in [6, 6.07) is 10.6. The first-order valence-corrected chi connectivity index (χ1v) is 4.33. The smallest absolute Gasteiger partial charge is 0 e. The van der Waals surface area contributed by atoms with E-state index in [4.69, 9.17) is 0 Å². The maximum absolute atomic E-state index is 2.22. The molecule has 2 rings (SSSR count). The minimum absolute atomic E-state index is 0. The van der Waals surface area contributed by atoms with E-state index < -0.39 is 0 Å². The molecule has 0 amide bonds. The zero-order valence-corrected chi connectivity index (χ0v) is 9.95. The summed E-state index contributed by atoms with van der Waals surface area (Å²) < 4.78 is 0. The monoisotopic (exact) mass is 196 g/mol. The van der Waals surface area contributed by atoms with Gasteiger partial charge in [-0.2, -0.15) is 0 Å². The third kappa shape index (κ3) is 3.30. The molecule has 0 N–H and O–H groups in total. The normalized spacial score (nSPS) is 13.7. The van der Waals surface area contributed by atoms with E-state index in [2.05, 4.69) is 48.6 Å². The Kier molecular flexibility index (Phi) is 4.79. The van der Waals surface area contributed by atoms with Crippen LogP contribution in [0.15, 0.2) is 54.1 Å². The first-order valence-electron chi connectivity index (χ1n) is 4.33. The van der Waals surface area contributed by atoms with Crippen LogP contribution in [0, 0.1) is 0 Å². The van der Waals surface area contributed by atoms with Crippen molar-refractivity contribution in [3.63, 3.8) is 0 Å². The maximum atomic E-state index is 2.22. The Hall–Kier alpha value is -0.0403. The zero-order chi connectivity index (χ0) is 8.23. The van der Waals surface area contributed by atoms with Crippen molar-refractivity contribution >= 4 is 37.7 Å².